The smallest absolute Gasteiger partial charge is 0.0195 e. The van der Waals surface area contributed by atoms with Gasteiger partial charge in [-0.2, -0.15) is 0 Å². The summed E-state index contributed by atoms with van der Waals surface area (Å²) in [6, 6.07) is 10.7. The highest BCUT2D eigenvalue weighted by Crippen LogP contribution is 2.22. The van der Waals surface area contributed by atoms with Gasteiger partial charge in [-0.05, 0) is 53.3 Å². The van der Waals surface area contributed by atoms with Crippen molar-refractivity contribution < 1.29 is 0 Å². The van der Waals surface area contributed by atoms with Crippen LogP contribution in [0.5, 0.6) is 0 Å². The number of hydrogen-bond acceptors (Lipinski definition) is 0. The molecule has 0 aliphatic rings. The van der Waals surface area contributed by atoms with Crippen molar-refractivity contribution in [3.8, 4) is 11.1 Å². The molecule has 1 aromatic carbocycles. The lowest BCUT2D eigenvalue weighted by molar-refractivity contribution is 1.27. The molecule has 1 N–H and O–H groups in total. The van der Waals surface area contributed by atoms with E-state index < -0.39 is 0 Å². The van der Waals surface area contributed by atoms with Crippen molar-refractivity contribution in [2.75, 3.05) is 0 Å². The predicted octanol–water partition coefficient (Wildman–Crippen LogP) is 3.59. The summed E-state index contributed by atoms with van der Waals surface area (Å²) in [6.45, 7) is 2.09. The first-order chi connectivity index (χ1) is 6.27. The highest BCUT2D eigenvalue weighted by molar-refractivity contribution is 14.1. The zero-order valence-corrected chi connectivity index (χ0v) is 9.50. The van der Waals surface area contributed by atoms with E-state index in [-0.39, 0.29) is 0 Å². The molecule has 66 valence electrons. The fraction of sp³-hybridized carbons (Fsp3) is 0.0909. The van der Waals surface area contributed by atoms with E-state index in [1.165, 1.54) is 20.4 Å². The van der Waals surface area contributed by atoms with Gasteiger partial charge in [0.25, 0.3) is 0 Å². The summed E-state index contributed by atoms with van der Waals surface area (Å²) in [7, 11) is 0. The maximum absolute atomic E-state index is 3.18. The van der Waals surface area contributed by atoms with Gasteiger partial charge in [0, 0.05) is 21.0 Å². The Morgan fingerprint density at radius 3 is 2.31 bits per heavy atom. The van der Waals surface area contributed by atoms with Gasteiger partial charge < -0.3 is 4.98 Å². The molecule has 0 saturated carbocycles. The molecule has 0 amide bonds. The van der Waals surface area contributed by atoms with Crippen LogP contribution in [0.25, 0.3) is 11.1 Å². The van der Waals surface area contributed by atoms with Gasteiger partial charge >= 0.3 is 0 Å². The third-order valence-electron chi connectivity index (χ3n) is 2.11. The van der Waals surface area contributed by atoms with Gasteiger partial charge in [0.2, 0.25) is 0 Å². The van der Waals surface area contributed by atoms with Crippen molar-refractivity contribution in [1.82, 2.24) is 4.98 Å². The molecule has 2 heteroatoms. The number of halogens is 1. The van der Waals surface area contributed by atoms with Crippen LogP contribution in [0.1, 0.15) is 5.69 Å². The predicted molar refractivity (Wildman–Crippen MR) is 63.7 cm³/mol. The number of rotatable bonds is 1. The molecule has 0 fully saturated rings. The minimum atomic E-state index is 1.22. The quantitative estimate of drug-likeness (QED) is 0.770. The van der Waals surface area contributed by atoms with Crippen LogP contribution in [-0.4, -0.2) is 4.98 Å². The lowest BCUT2D eigenvalue weighted by Gasteiger charge is -1.99. The summed E-state index contributed by atoms with van der Waals surface area (Å²) in [4.78, 5) is 3.18. The standard InChI is InChI=1S/C11H10IN/c1-8-11(6-7-13-8)9-2-4-10(12)5-3-9/h2-7,13H,1H3. The number of aromatic nitrogens is 1. The summed E-state index contributed by atoms with van der Waals surface area (Å²) < 4.78 is 1.27. The lowest BCUT2D eigenvalue weighted by Crippen LogP contribution is -1.78. The van der Waals surface area contributed by atoms with Gasteiger partial charge in [-0.15, -0.1) is 0 Å². The van der Waals surface area contributed by atoms with Gasteiger partial charge in [0.15, 0.2) is 0 Å². The SMILES string of the molecule is Cc1[nH]ccc1-c1ccc(I)cc1. The maximum Gasteiger partial charge on any atom is 0.0195 e. The van der Waals surface area contributed by atoms with E-state index in [4.69, 9.17) is 0 Å². The van der Waals surface area contributed by atoms with Gasteiger partial charge in [0.1, 0.15) is 0 Å². The van der Waals surface area contributed by atoms with Crippen LogP contribution in [0.15, 0.2) is 36.5 Å². The molecule has 13 heavy (non-hydrogen) atoms. The average Bonchev–Trinajstić information content (AvgIpc) is 2.53. The number of hydrogen-bond donors (Lipinski definition) is 1. The number of nitrogens with one attached hydrogen (secondary N) is 1. The molecule has 0 unspecified atom stereocenters. The third-order valence-corrected chi connectivity index (χ3v) is 2.83. The van der Waals surface area contributed by atoms with Crippen molar-refractivity contribution in [3.05, 3.63) is 45.8 Å². The molecular weight excluding hydrogens is 273 g/mol. The number of benzene rings is 1. The fourth-order valence-corrected chi connectivity index (χ4v) is 1.75. The summed E-state index contributed by atoms with van der Waals surface area (Å²) in [5.74, 6) is 0. The van der Waals surface area contributed by atoms with Crippen LogP contribution in [0.4, 0.5) is 0 Å². The van der Waals surface area contributed by atoms with Gasteiger partial charge in [0.05, 0.1) is 0 Å². The Bertz CT molecular complexity index is 400. The summed E-state index contributed by atoms with van der Waals surface area (Å²) in [5, 5.41) is 0. The Balaban J connectivity index is 2.47. The van der Waals surface area contributed by atoms with Crippen LogP contribution in [0.3, 0.4) is 0 Å². The van der Waals surface area contributed by atoms with E-state index in [1.54, 1.807) is 0 Å². The topological polar surface area (TPSA) is 15.8 Å². The van der Waals surface area contributed by atoms with E-state index in [1.807, 2.05) is 6.20 Å². The highest BCUT2D eigenvalue weighted by Gasteiger charge is 2.00. The molecule has 2 aromatic rings. The summed E-state index contributed by atoms with van der Waals surface area (Å²) in [6.07, 6.45) is 1.97. The van der Waals surface area contributed by atoms with Crippen LogP contribution >= 0.6 is 22.6 Å². The van der Waals surface area contributed by atoms with E-state index in [0.29, 0.717) is 0 Å². The lowest BCUT2D eigenvalue weighted by atomic mass is 10.1. The minimum absolute atomic E-state index is 1.22. The molecule has 0 atom stereocenters. The number of H-pyrrole nitrogens is 1. The summed E-state index contributed by atoms with van der Waals surface area (Å²) >= 11 is 2.32. The molecule has 0 bridgehead atoms. The molecule has 1 aromatic heterocycles. The first-order valence-electron chi connectivity index (χ1n) is 4.17. The van der Waals surface area contributed by atoms with Gasteiger partial charge in [-0.3, -0.25) is 0 Å². The van der Waals surface area contributed by atoms with E-state index in [0.717, 1.165) is 0 Å². The molecule has 2 rings (SSSR count). The van der Waals surface area contributed by atoms with E-state index >= 15 is 0 Å². The normalized spacial score (nSPS) is 10.3. The Kier molecular flexibility index (Phi) is 2.40. The second kappa shape index (κ2) is 3.54. The molecule has 0 aliphatic heterocycles. The third kappa shape index (κ3) is 1.77. The maximum atomic E-state index is 3.18. The molecular formula is C11H10IN. The molecule has 0 radical (unpaired) electrons. The zero-order valence-electron chi connectivity index (χ0n) is 7.34. The first-order valence-corrected chi connectivity index (χ1v) is 5.25. The van der Waals surface area contributed by atoms with E-state index in [2.05, 4.69) is 64.8 Å². The first kappa shape index (κ1) is 8.81. The molecule has 1 nitrogen and oxygen atoms in total. The van der Waals surface area contributed by atoms with Crippen LogP contribution < -0.4 is 0 Å². The molecule has 0 saturated heterocycles. The van der Waals surface area contributed by atoms with Crippen molar-refractivity contribution >= 4 is 22.6 Å². The molecule has 0 aliphatic carbocycles. The zero-order chi connectivity index (χ0) is 9.26. The van der Waals surface area contributed by atoms with Crippen LogP contribution in [0.2, 0.25) is 0 Å². The second-order valence-corrected chi connectivity index (χ2v) is 4.27. The summed E-state index contributed by atoms with van der Waals surface area (Å²) in [5.41, 5.74) is 3.79. The number of aryl methyl sites for hydroxylation is 1. The Labute approximate surface area is 91.3 Å². The van der Waals surface area contributed by atoms with Crippen molar-refractivity contribution in [3.63, 3.8) is 0 Å². The Morgan fingerprint density at radius 2 is 1.77 bits per heavy atom. The highest BCUT2D eigenvalue weighted by atomic mass is 127. The Hall–Kier alpha value is -0.770. The number of aromatic amines is 1. The molecule has 1 heterocycles. The van der Waals surface area contributed by atoms with Crippen LogP contribution in [0, 0.1) is 10.5 Å². The fourth-order valence-electron chi connectivity index (χ4n) is 1.39. The minimum Gasteiger partial charge on any atom is -0.365 e. The van der Waals surface area contributed by atoms with Crippen molar-refractivity contribution in [1.29, 1.82) is 0 Å². The monoisotopic (exact) mass is 283 g/mol. The Morgan fingerprint density at radius 1 is 1.08 bits per heavy atom. The van der Waals surface area contributed by atoms with Gasteiger partial charge in [-0.25, -0.2) is 0 Å². The van der Waals surface area contributed by atoms with Crippen molar-refractivity contribution in [2.24, 2.45) is 0 Å². The van der Waals surface area contributed by atoms with E-state index in [9.17, 15) is 0 Å². The largest absolute Gasteiger partial charge is 0.365 e. The van der Waals surface area contributed by atoms with Crippen molar-refractivity contribution in [2.45, 2.75) is 6.92 Å². The van der Waals surface area contributed by atoms with Gasteiger partial charge in [-0.1, -0.05) is 12.1 Å². The average molecular weight is 283 g/mol. The molecule has 0 spiro atoms. The van der Waals surface area contributed by atoms with Crippen LogP contribution in [-0.2, 0) is 0 Å². The second-order valence-electron chi connectivity index (χ2n) is 3.02.